The van der Waals surface area contributed by atoms with Gasteiger partial charge in [-0.3, -0.25) is 43.7 Å². The number of nitrogens with zero attached hydrogens (tertiary/aromatic N) is 5. The van der Waals surface area contributed by atoms with Gasteiger partial charge in [-0.2, -0.15) is 0 Å². The van der Waals surface area contributed by atoms with Crippen LogP contribution in [0, 0.1) is 11.8 Å². The van der Waals surface area contributed by atoms with E-state index >= 15 is 0 Å². The number of benzene rings is 6. The van der Waals surface area contributed by atoms with Crippen LogP contribution in [-0.2, 0) is 19.2 Å². The first-order valence-electron chi connectivity index (χ1n) is 39.9. The van der Waals surface area contributed by atoms with Crippen LogP contribution < -0.4 is 4.74 Å². The third-order valence-electron chi connectivity index (χ3n) is 20.1. The summed E-state index contributed by atoms with van der Waals surface area (Å²) < 4.78 is 5.28. The van der Waals surface area contributed by atoms with E-state index in [0.717, 1.165) is 51.4 Å². The summed E-state index contributed by atoms with van der Waals surface area (Å²) >= 11 is 0. The van der Waals surface area contributed by atoms with Gasteiger partial charge in [-0.25, -0.2) is 4.79 Å². The molecule has 0 spiro atoms. The van der Waals surface area contributed by atoms with Gasteiger partial charge in [0.25, 0.3) is 0 Å². The van der Waals surface area contributed by atoms with Gasteiger partial charge in [-0.15, -0.1) is 0 Å². The molecule has 1 unspecified atom stereocenters. The van der Waals surface area contributed by atoms with Gasteiger partial charge in [-0.1, -0.05) is 361 Å². The quantitative estimate of drug-likeness (QED) is 0.0475. The third kappa shape index (κ3) is 28.9. The molecule has 1 fully saturated rings. The zero-order valence-electron chi connectivity index (χ0n) is 64.1. The van der Waals surface area contributed by atoms with E-state index in [1.807, 2.05) is 147 Å². The number of para-hydroxylation sites is 1. The topological polar surface area (TPSA) is 111 Å². The summed E-state index contributed by atoms with van der Waals surface area (Å²) in [7, 11) is 0. The Hall–Kier alpha value is -10.1. The van der Waals surface area contributed by atoms with E-state index in [4.69, 9.17) is 4.74 Å². The molecule has 107 heavy (non-hydrogen) atoms. The molecule has 6 aromatic rings. The number of unbranched alkanes of at least 4 members (excludes halogenated alkanes) is 12. The minimum atomic E-state index is -0.416. The molecular formula is C96H117N5O6. The third-order valence-corrected chi connectivity index (χ3v) is 20.1. The van der Waals surface area contributed by atoms with E-state index in [1.54, 1.807) is 44.1 Å². The summed E-state index contributed by atoms with van der Waals surface area (Å²) in [6.07, 6.45) is 66.5. The molecule has 11 heteroatoms. The molecule has 0 N–H and O–H groups in total. The first-order valence-corrected chi connectivity index (χ1v) is 39.9. The second kappa shape index (κ2) is 48.1. The van der Waals surface area contributed by atoms with E-state index in [1.165, 1.54) is 123 Å². The molecule has 5 amide bonds. The van der Waals surface area contributed by atoms with Crippen LogP contribution in [0.15, 0.2) is 305 Å². The average Bonchev–Trinajstić information content (AvgIpc) is 0.873. The first-order chi connectivity index (χ1) is 52.5. The first kappa shape index (κ1) is 82.5. The van der Waals surface area contributed by atoms with Gasteiger partial charge in [-0.05, 0) is 78.5 Å². The van der Waals surface area contributed by atoms with Crippen LogP contribution in [0.3, 0.4) is 0 Å². The average molecular weight is 1440 g/mol. The SMILES string of the molecule is CCCCC(CC)C(=O)N1C=CC(c2ccccc2)C=C1.CCCCCCCCC(=O)N1C=CC(c2ccccc2)C=C1.CCCCCCCCCC(=O)N1C=CC(c2ccccc2)C=C1.O=C(C1CCCCC1)N1C=CC(c2ccccc2)C=C1.O=C(Oc1ccccc1)N1C=CC(c2ccccc2)C=C1. The van der Waals surface area contributed by atoms with Crippen molar-refractivity contribution in [3.05, 3.63) is 333 Å². The molecule has 0 aromatic heterocycles. The number of hydrogen-bond donors (Lipinski definition) is 0. The lowest BCUT2D eigenvalue weighted by molar-refractivity contribution is -0.132. The highest BCUT2D eigenvalue weighted by molar-refractivity contribution is 5.82. The molecule has 12 rings (SSSR count). The van der Waals surface area contributed by atoms with Crippen molar-refractivity contribution < 1.29 is 28.7 Å². The molecule has 0 bridgehead atoms. The molecular weight excluding hydrogens is 1320 g/mol. The molecule has 5 heterocycles. The molecule has 0 saturated heterocycles. The van der Waals surface area contributed by atoms with Crippen molar-refractivity contribution in [1.82, 2.24) is 24.5 Å². The fraction of sp³-hybridized carbons (Fsp3) is 0.365. The van der Waals surface area contributed by atoms with Crippen molar-refractivity contribution in [2.24, 2.45) is 11.8 Å². The van der Waals surface area contributed by atoms with Gasteiger partial charge in [0.1, 0.15) is 5.75 Å². The van der Waals surface area contributed by atoms with Gasteiger partial charge in [0.15, 0.2) is 0 Å². The molecule has 6 aliphatic rings. The fourth-order valence-electron chi connectivity index (χ4n) is 13.6. The van der Waals surface area contributed by atoms with Crippen molar-refractivity contribution in [1.29, 1.82) is 0 Å². The Morgan fingerprint density at radius 1 is 0.327 bits per heavy atom. The Bertz CT molecular complexity index is 3800. The van der Waals surface area contributed by atoms with E-state index < -0.39 is 6.09 Å². The molecule has 6 aromatic carbocycles. The normalized spacial score (nSPS) is 15.8. The molecule has 1 atom stereocenters. The van der Waals surface area contributed by atoms with E-state index in [9.17, 15) is 24.0 Å². The van der Waals surface area contributed by atoms with Crippen molar-refractivity contribution in [2.75, 3.05) is 0 Å². The lowest BCUT2D eigenvalue weighted by Crippen LogP contribution is -2.30. The van der Waals surface area contributed by atoms with Gasteiger partial charge >= 0.3 is 6.09 Å². The van der Waals surface area contributed by atoms with Crippen LogP contribution in [0.25, 0.3) is 0 Å². The minimum absolute atomic E-state index is 0.146. The number of carbonyl (C=O) groups excluding carboxylic acids is 5. The number of rotatable bonds is 27. The maximum absolute atomic E-state index is 12.5. The Kier molecular flexibility index (Phi) is 37.1. The largest absolute Gasteiger partial charge is 0.423 e. The predicted octanol–water partition coefficient (Wildman–Crippen LogP) is 24.6. The van der Waals surface area contributed by atoms with Gasteiger partial charge < -0.3 is 4.74 Å². The molecule has 11 nitrogen and oxygen atoms in total. The highest BCUT2D eigenvalue weighted by Gasteiger charge is 2.26. The van der Waals surface area contributed by atoms with Crippen LogP contribution in [0.5, 0.6) is 5.75 Å². The number of carbonyl (C=O) groups is 5. The number of allylic oxidation sites excluding steroid dienone is 10. The van der Waals surface area contributed by atoms with Crippen LogP contribution in [0.1, 0.15) is 239 Å². The van der Waals surface area contributed by atoms with E-state index in [2.05, 4.69) is 161 Å². The van der Waals surface area contributed by atoms with Crippen LogP contribution >= 0.6 is 0 Å². The lowest BCUT2D eigenvalue weighted by Gasteiger charge is -2.27. The zero-order valence-corrected chi connectivity index (χ0v) is 64.1. The number of hydrogen-bond acceptors (Lipinski definition) is 6. The summed E-state index contributed by atoms with van der Waals surface area (Å²) in [5.74, 6) is 3.11. The van der Waals surface area contributed by atoms with E-state index in [0.29, 0.717) is 18.6 Å². The summed E-state index contributed by atoms with van der Waals surface area (Å²) in [4.78, 5) is 69.7. The highest BCUT2D eigenvalue weighted by Crippen LogP contribution is 2.31. The van der Waals surface area contributed by atoms with Crippen LogP contribution in [-0.4, -0.2) is 54.2 Å². The molecule has 0 radical (unpaired) electrons. The maximum atomic E-state index is 12.5. The summed E-state index contributed by atoms with van der Waals surface area (Å²) in [5.41, 5.74) is 6.25. The monoisotopic (exact) mass is 1440 g/mol. The predicted molar refractivity (Wildman–Crippen MR) is 439 cm³/mol. The van der Waals surface area contributed by atoms with E-state index in [-0.39, 0.29) is 65.1 Å². The summed E-state index contributed by atoms with van der Waals surface area (Å²) in [5, 5.41) is 0. The number of amides is 5. The minimum Gasteiger partial charge on any atom is -0.410 e. The second-order valence-corrected chi connectivity index (χ2v) is 28.3. The van der Waals surface area contributed by atoms with Crippen molar-refractivity contribution in [3.63, 3.8) is 0 Å². The summed E-state index contributed by atoms with van der Waals surface area (Å²) in [6, 6.07) is 60.6. The Balaban J connectivity index is 0.000000169. The van der Waals surface area contributed by atoms with Crippen molar-refractivity contribution in [3.8, 4) is 5.75 Å². The highest BCUT2D eigenvalue weighted by atomic mass is 16.6. The molecule has 1 aliphatic carbocycles. The van der Waals surface area contributed by atoms with Gasteiger partial charge in [0.05, 0.1) is 0 Å². The van der Waals surface area contributed by atoms with Gasteiger partial charge in [0.2, 0.25) is 23.6 Å². The van der Waals surface area contributed by atoms with Gasteiger partial charge in [0, 0.05) is 116 Å². The lowest BCUT2D eigenvalue weighted by atomic mass is 9.88. The Morgan fingerprint density at radius 2 is 0.617 bits per heavy atom. The Morgan fingerprint density at radius 3 is 0.944 bits per heavy atom. The molecule has 562 valence electrons. The molecule has 1 saturated carbocycles. The van der Waals surface area contributed by atoms with Crippen molar-refractivity contribution in [2.45, 2.75) is 211 Å². The second-order valence-electron chi connectivity index (χ2n) is 28.3. The smallest absolute Gasteiger partial charge is 0.410 e. The fourth-order valence-corrected chi connectivity index (χ4v) is 13.6. The summed E-state index contributed by atoms with van der Waals surface area (Å²) in [6.45, 7) is 8.73. The van der Waals surface area contributed by atoms with Crippen molar-refractivity contribution >= 4 is 29.7 Å². The zero-order chi connectivity index (χ0) is 75.3. The van der Waals surface area contributed by atoms with Crippen LogP contribution in [0.2, 0.25) is 0 Å². The maximum Gasteiger partial charge on any atom is 0.423 e. The number of ether oxygens (including phenoxy) is 1. The molecule has 5 aliphatic heterocycles. The van der Waals surface area contributed by atoms with Crippen LogP contribution in [0.4, 0.5) is 4.79 Å². The standard InChI is InChI=1S/C21H29NO.C20H27NO.C19H25NO.C18H15NO2.C18H21NO/c1-2-3-4-5-6-7-11-14-21(23)22-17-15-20(16-18-22)19-12-9-8-10-13-19;1-2-3-4-5-6-10-13-20(22)21-16-14-19(15-17-21)18-11-8-7-9-12-18;1-3-5-9-16(4-2)19(21)20-14-12-18(13-15-20)17-10-7-6-8-11-17;20-18(21-17-9-5-2-6-10-17)19-13-11-16(12-14-19)15-7-3-1-4-8-15;20-18(17-9-5-2-6-10-17)19-13-11-16(12-14-19)15-7-3-1-4-8-15/h8-10,12-13,15-18,20H,2-7,11,14H2,1H3;7-9,11-12,14-17,19H,2-6,10,13H2,1H3;6-8,10-16,18H,3-5,9H2,1-2H3;1-14,16H;1,3-4,7-8,11-14,16-17H,2,5-6,9-10H2. The Labute approximate surface area is 640 Å².